The number of nitrogens with two attached hydrogens (primary N) is 2. The van der Waals surface area contributed by atoms with Gasteiger partial charge in [0.2, 0.25) is 11.6 Å². The van der Waals surface area contributed by atoms with Gasteiger partial charge in [0.1, 0.15) is 12.2 Å². The van der Waals surface area contributed by atoms with Gasteiger partial charge in [-0.2, -0.15) is 4.68 Å². The first-order valence-electron chi connectivity index (χ1n) is 6.58. The molecule has 0 saturated carbocycles. The Hall–Kier alpha value is -2.49. The third kappa shape index (κ3) is 3.16. The SMILES string of the molecule is CCOC(=O)c1nnn(-c2nonc2N)c1C[NH2+]C(C)C. The van der Waals surface area contributed by atoms with Gasteiger partial charge in [-0.15, -0.1) is 5.10 Å². The van der Waals surface area contributed by atoms with Crippen LogP contribution in [0.2, 0.25) is 0 Å². The molecule has 0 atom stereocenters. The first kappa shape index (κ1) is 14.9. The molecule has 0 spiro atoms. The van der Waals surface area contributed by atoms with Gasteiger partial charge in [0.15, 0.2) is 5.69 Å². The van der Waals surface area contributed by atoms with Crippen molar-refractivity contribution in [3.8, 4) is 5.82 Å². The lowest BCUT2D eigenvalue weighted by atomic mass is 10.3. The summed E-state index contributed by atoms with van der Waals surface area (Å²) in [5.74, 6) is -0.266. The van der Waals surface area contributed by atoms with Crippen LogP contribution in [0.15, 0.2) is 4.63 Å². The summed E-state index contributed by atoms with van der Waals surface area (Å²) in [5.41, 5.74) is 6.33. The molecule has 0 fully saturated rings. The number of rotatable bonds is 6. The van der Waals surface area contributed by atoms with Crippen LogP contribution >= 0.6 is 0 Å². The van der Waals surface area contributed by atoms with E-state index in [0.717, 1.165) is 0 Å². The van der Waals surface area contributed by atoms with Crippen LogP contribution in [0.5, 0.6) is 0 Å². The maximum Gasteiger partial charge on any atom is 0.361 e. The van der Waals surface area contributed by atoms with Crippen molar-refractivity contribution in [2.75, 3.05) is 12.3 Å². The lowest BCUT2D eigenvalue weighted by Gasteiger charge is -2.07. The van der Waals surface area contributed by atoms with Crippen molar-refractivity contribution in [3.05, 3.63) is 11.4 Å². The summed E-state index contributed by atoms with van der Waals surface area (Å²) in [5, 5.41) is 17.0. The zero-order chi connectivity index (χ0) is 15.4. The number of nitrogen functional groups attached to an aromatic ring is 1. The fourth-order valence-corrected chi connectivity index (χ4v) is 1.70. The molecule has 0 aliphatic carbocycles. The minimum absolute atomic E-state index is 0.0705. The zero-order valence-electron chi connectivity index (χ0n) is 12.1. The smallest absolute Gasteiger partial charge is 0.361 e. The van der Waals surface area contributed by atoms with E-state index >= 15 is 0 Å². The summed E-state index contributed by atoms with van der Waals surface area (Å²) in [7, 11) is 0. The lowest BCUT2D eigenvalue weighted by Crippen LogP contribution is -2.87. The average Bonchev–Trinajstić information content (AvgIpc) is 3.02. The number of carbonyl (C=O) groups is 1. The van der Waals surface area contributed by atoms with Crippen LogP contribution in [0.3, 0.4) is 0 Å². The first-order valence-corrected chi connectivity index (χ1v) is 6.58. The fraction of sp³-hybridized carbons (Fsp3) is 0.545. The highest BCUT2D eigenvalue weighted by molar-refractivity contribution is 5.88. The molecule has 0 aliphatic heterocycles. The second-order valence-corrected chi connectivity index (χ2v) is 4.67. The van der Waals surface area contributed by atoms with Crippen LogP contribution in [-0.2, 0) is 11.3 Å². The van der Waals surface area contributed by atoms with Crippen molar-refractivity contribution in [3.63, 3.8) is 0 Å². The van der Waals surface area contributed by atoms with E-state index in [1.165, 1.54) is 4.68 Å². The Morgan fingerprint density at radius 1 is 1.48 bits per heavy atom. The number of carbonyl (C=O) groups excluding carboxylic acids is 1. The van der Waals surface area contributed by atoms with Gasteiger partial charge in [-0.25, -0.2) is 9.42 Å². The van der Waals surface area contributed by atoms with E-state index < -0.39 is 5.97 Å². The van der Waals surface area contributed by atoms with Gasteiger partial charge in [-0.1, -0.05) is 5.21 Å². The normalized spacial score (nSPS) is 11.0. The standard InChI is InChI=1S/C11H17N7O3/c1-4-20-11(19)8-7(5-13-6(2)3)18(17-14-8)10-9(12)15-21-16-10/h6,13H,4-5H2,1-3H3,(H2,12,15)/p+1. The Labute approximate surface area is 120 Å². The Bertz CT molecular complexity index is 619. The molecule has 2 rings (SSSR count). The summed E-state index contributed by atoms with van der Waals surface area (Å²) in [6.45, 7) is 6.51. The van der Waals surface area contributed by atoms with E-state index in [9.17, 15) is 4.79 Å². The molecule has 0 unspecified atom stereocenters. The number of ether oxygens (including phenoxy) is 1. The van der Waals surface area contributed by atoms with Gasteiger partial charge in [0, 0.05) is 0 Å². The van der Waals surface area contributed by atoms with E-state index in [0.29, 0.717) is 18.3 Å². The van der Waals surface area contributed by atoms with E-state index in [1.54, 1.807) is 6.92 Å². The Morgan fingerprint density at radius 3 is 2.81 bits per heavy atom. The van der Waals surface area contributed by atoms with E-state index in [2.05, 4.69) is 25.3 Å². The molecule has 21 heavy (non-hydrogen) atoms. The van der Waals surface area contributed by atoms with Crippen molar-refractivity contribution in [2.24, 2.45) is 0 Å². The average molecular weight is 296 g/mol. The number of quaternary nitrogens is 1. The summed E-state index contributed by atoms with van der Waals surface area (Å²) < 4.78 is 10.9. The lowest BCUT2D eigenvalue weighted by molar-refractivity contribution is -0.698. The molecular weight excluding hydrogens is 278 g/mol. The van der Waals surface area contributed by atoms with Gasteiger partial charge in [0.25, 0.3) is 0 Å². The summed E-state index contributed by atoms with van der Waals surface area (Å²) >= 11 is 0. The minimum atomic E-state index is -0.536. The topological polar surface area (TPSA) is 139 Å². The van der Waals surface area contributed by atoms with E-state index in [4.69, 9.17) is 10.5 Å². The van der Waals surface area contributed by atoms with Crippen LogP contribution in [0.1, 0.15) is 37.0 Å². The quantitative estimate of drug-likeness (QED) is 0.639. The van der Waals surface area contributed by atoms with E-state index in [1.807, 2.05) is 19.2 Å². The van der Waals surface area contributed by atoms with Gasteiger partial charge in [0.05, 0.1) is 12.6 Å². The third-order valence-electron chi connectivity index (χ3n) is 2.71. The second-order valence-electron chi connectivity index (χ2n) is 4.67. The second kappa shape index (κ2) is 6.31. The zero-order valence-corrected chi connectivity index (χ0v) is 12.1. The summed E-state index contributed by atoms with van der Waals surface area (Å²) in [4.78, 5) is 11.9. The van der Waals surface area contributed by atoms with Crippen molar-refractivity contribution >= 4 is 11.8 Å². The molecule has 2 heterocycles. The minimum Gasteiger partial charge on any atom is -0.461 e. The Morgan fingerprint density at radius 2 is 2.24 bits per heavy atom. The Kier molecular flexibility index (Phi) is 4.48. The number of anilines is 1. The molecule has 114 valence electrons. The van der Waals surface area contributed by atoms with Crippen LogP contribution in [-0.4, -0.2) is 43.9 Å². The molecule has 2 aromatic heterocycles. The van der Waals surface area contributed by atoms with E-state index in [-0.39, 0.29) is 23.9 Å². The molecule has 0 aromatic carbocycles. The first-order chi connectivity index (χ1) is 10.0. The van der Waals surface area contributed by atoms with Crippen molar-refractivity contribution in [2.45, 2.75) is 33.4 Å². The number of hydrogen-bond acceptors (Lipinski definition) is 8. The van der Waals surface area contributed by atoms with Crippen molar-refractivity contribution < 1.29 is 19.5 Å². The summed E-state index contributed by atoms with van der Waals surface area (Å²) in [6, 6.07) is 0.330. The third-order valence-corrected chi connectivity index (χ3v) is 2.71. The summed E-state index contributed by atoms with van der Waals surface area (Å²) in [6.07, 6.45) is 0. The van der Waals surface area contributed by atoms with Gasteiger partial charge < -0.3 is 15.8 Å². The fourth-order valence-electron chi connectivity index (χ4n) is 1.70. The van der Waals surface area contributed by atoms with Crippen LogP contribution < -0.4 is 11.1 Å². The van der Waals surface area contributed by atoms with Crippen LogP contribution in [0.4, 0.5) is 5.82 Å². The molecule has 4 N–H and O–H groups in total. The highest BCUT2D eigenvalue weighted by atomic mass is 16.6. The molecule has 0 saturated heterocycles. The molecule has 10 heteroatoms. The number of hydrogen-bond donors (Lipinski definition) is 2. The highest BCUT2D eigenvalue weighted by Gasteiger charge is 2.25. The van der Waals surface area contributed by atoms with Gasteiger partial charge in [-0.3, -0.25) is 0 Å². The molecule has 10 nitrogen and oxygen atoms in total. The molecule has 0 bridgehead atoms. The number of aromatic nitrogens is 5. The molecule has 0 aliphatic rings. The maximum absolute atomic E-state index is 11.9. The monoisotopic (exact) mass is 296 g/mol. The number of nitrogens with zero attached hydrogens (tertiary/aromatic N) is 5. The maximum atomic E-state index is 11.9. The Balaban J connectivity index is 2.41. The number of esters is 1. The predicted octanol–water partition coefficient (Wildman–Crippen LogP) is -1.12. The van der Waals surface area contributed by atoms with Crippen LogP contribution in [0, 0.1) is 0 Å². The van der Waals surface area contributed by atoms with Gasteiger partial charge >= 0.3 is 5.97 Å². The molecule has 0 amide bonds. The predicted molar refractivity (Wildman–Crippen MR) is 70.3 cm³/mol. The largest absolute Gasteiger partial charge is 0.461 e. The molecule has 0 radical (unpaired) electrons. The van der Waals surface area contributed by atoms with Gasteiger partial charge in [-0.05, 0) is 31.1 Å². The molecular formula is C11H18N7O3+. The molecule has 2 aromatic rings. The van der Waals surface area contributed by atoms with Crippen molar-refractivity contribution in [1.29, 1.82) is 0 Å². The van der Waals surface area contributed by atoms with Crippen molar-refractivity contribution in [1.82, 2.24) is 25.3 Å². The highest BCUT2D eigenvalue weighted by Crippen LogP contribution is 2.15. The van der Waals surface area contributed by atoms with Crippen LogP contribution in [0.25, 0.3) is 5.82 Å².